The first-order valence-corrected chi connectivity index (χ1v) is 6.86. The summed E-state index contributed by atoms with van der Waals surface area (Å²) in [5.41, 5.74) is 2.62. The van der Waals surface area contributed by atoms with E-state index in [0.29, 0.717) is 18.0 Å². The molecule has 1 saturated carbocycles. The third-order valence-electron chi connectivity index (χ3n) is 3.58. The number of nitrogens with zero attached hydrogens (tertiary/aromatic N) is 4. The maximum absolute atomic E-state index is 11.8. The van der Waals surface area contributed by atoms with Crippen LogP contribution in [0, 0.1) is 0 Å². The zero-order valence-electron chi connectivity index (χ0n) is 12.0. The fraction of sp³-hybridized carbons (Fsp3) is 0.429. The Morgan fingerprint density at radius 1 is 1.43 bits per heavy atom. The normalized spacial score (nSPS) is 14.0. The molecule has 0 bridgehead atoms. The number of tetrazole rings is 1. The molecule has 0 unspecified atom stereocenters. The van der Waals surface area contributed by atoms with E-state index in [1.165, 1.54) is 25.5 Å². The van der Waals surface area contributed by atoms with Crippen LogP contribution in [0.4, 0.5) is 5.69 Å². The van der Waals surface area contributed by atoms with Crippen molar-refractivity contribution in [3.8, 4) is 0 Å². The van der Waals surface area contributed by atoms with E-state index in [-0.39, 0.29) is 5.97 Å². The molecule has 110 valence electrons. The molecule has 1 N–H and O–H groups in total. The Morgan fingerprint density at radius 3 is 2.86 bits per heavy atom. The lowest BCUT2D eigenvalue weighted by molar-refractivity contribution is 0.0600. The van der Waals surface area contributed by atoms with Gasteiger partial charge < -0.3 is 10.1 Å². The van der Waals surface area contributed by atoms with Crippen molar-refractivity contribution in [2.45, 2.75) is 25.3 Å². The lowest BCUT2D eigenvalue weighted by Crippen LogP contribution is -2.08. The third kappa shape index (κ3) is 3.01. The van der Waals surface area contributed by atoms with Gasteiger partial charge in [0.05, 0.1) is 19.2 Å². The standard InChI is InChI=1S/C14H17N5O2/c1-19-13(16-17-18-19)8-15-12-6-10(9-3-4-9)5-11(7-12)14(20)21-2/h5-7,9,15H,3-4,8H2,1-2H3. The Hall–Kier alpha value is -2.44. The number of methoxy groups -OCH3 is 1. The van der Waals surface area contributed by atoms with Gasteiger partial charge in [0, 0.05) is 12.7 Å². The van der Waals surface area contributed by atoms with Gasteiger partial charge >= 0.3 is 5.97 Å². The smallest absolute Gasteiger partial charge is 0.337 e. The van der Waals surface area contributed by atoms with E-state index in [4.69, 9.17) is 4.74 Å². The number of benzene rings is 1. The van der Waals surface area contributed by atoms with Crippen molar-refractivity contribution in [1.29, 1.82) is 0 Å². The van der Waals surface area contributed by atoms with Gasteiger partial charge in [-0.1, -0.05) is 0 Å². The Morgan fingerprint density at radius 2 is 2.24 bits per heavy atom. The van der Waals surface area contributed by atoms with Crippen LogP contribution in [-0.4, -0.2) is 33.3 Å². The molecule has 2 aromatic rings. The molecule has 3 rings (SSSR count). The lowest BCUT2D eigenvalue weighted by atomic mass is 10.1. The average molecular weight is 287 g/mol. The van der Waals surface area contributed by atoms with Gasteiger partial charge in [-0.05, 0) is 52.9 Å². The molecular weight excluding hydrogens is 270 g/mol. The number of anilines is 1. The molecule has 1 aromatic heterocycles. The van der Waals surface area contributed by atoms with Crippen molar-refractivity contribution in [3.05, 3.63) is 35.2 Å². The first kappa shape index (κ1) is 13.5. The van der Waals surface area contributed by atoms with Crippen LogP contribution < -0.4 is 5.32 Å². The Bertz CT molecular complexity index is 663. The van der Waals surface area contributed by atoms with E-state index < -0.39 is 0 Å². The average Bonchev–Trinajstić information content (AvgIpc) is 3.27. The van der Waals surface area contributed by atoms with Crippen LogP contribution in [0.3, 0.4) is 0 Å². The Kier molecular flexibility index (Phi) is 3.55. The van der Waals surface area contributed by atoms with Crippen LogP contribution in [0.2, 0.25) is 0 Å². The van der Waals surface area contributed by atoms with Gasteiger partial charge in [0.15, 0.2) is 5.82 Å². The topological polar surface area (TPSA) is 81.9 Å². The first-order valence-electron chi connectivity index (χ1n) is 6.86. The van der Waals surface area contributed by atoms with E-state index in [1.54, 1.807) is 17.8 Å². The summed E-state index contributed by atoms with van der Waals surface area (Å²) in [6.07, 6.45) is 2.36. The van der Waals surface area contributed by atoms with E-state index in [2.05, 4.69) is 26.9 Å². The molecule has 0 atom stereocenters. The predicted molar refractivity (Wildman–Crippen MR) is 75.9 cm³/mol. The number of hydrogen-bond acceptors (Lipinski definition) is 6. The molecule has 1 fully saturated rings. The molecule has 21 heavy (non-hydrogen) atoms. The number of aryl methyl sites for hydroxylation is 1. The third-order valence-corrected chi connectivity index (χ3v) is 3.58. The fourth-order valence-electron chi connectivity index (χ4n) is 2.22. The van der Waals surface area contributed by atoms with E-state index in [9.17, 15) is 4.79 Å². The van der Waals surface area contributed by atoms with Crippen LogP contribution in [0.25, 0.3) is 0 Å². The van der Waals surface area contributed by atoms with Gasteiger partial charge in [0.2, 0.25) is 0 Å². The van der Waals surface area contributed by atoms with Gasteiger partial charge in [-0.2, -0.15) is 0 Å². The highest BCUT2D eigenvalue weighted by molar-refractivity contribution is 5.90. The number of carbonyl (C=O) groups excluding carboxylic acids is 1. The highest BCUT2D eigenvalue weighted by Gasteiger charge is 2.25. The highest BCUT2D eigenvalue weighted by Crippen LogP contribution is 2.41. The maximum Gasteiger partial charge on any atom is 0.337 e. The van der Waals surface area contributed by atoms with Crippen LogP contribution in [0.15, 0.2) is 18.2 Å². The summed E-state index contributed by atoms with van der Waals surface area (Å²) in [7, 11) is 3.18. The second-order valence-electron chi connectivity index (χ2n) is 5.18. The summed E-state index contributed by atoms with van der Waals surface area (Å²) < 4.78 is 6.42. The minimum Gasteiger partial charge on any atom is -0.465 e. The van der Waals surface area contributed by atoms with E-state index in [1.807, 2.05) is 6.07 Å². The zero-order chi connectivity index (χ0) is 14.8. The molecule has 1 aliphatic rings. The number of aromatic nitrogens is 4. The van der Waals surface area contributed by atoms with Gasteiger partial charge in [-0.15, -0.1) is 5.10 Å². The van der Waals surface area contributed by atoms with E-state index in [0.717, 1.165) is 11.5 Å². The molecular formula is C14H17N5O2. The molecule has 1 aromatic carbocycles. The zero-order valence-corrected chi connectivity index (χ0v) is 12.0. The van der Waals surface area contributed by atoms with Crippen molar-refractivity contribution < 1.29 is 9.53 Å². The molecule has 7 heteroatoms. The van der Waals surface area contributed by atoms with Gasteiger partial charge in [0.25, 0.3) is 0 Å². The van der Waals surface area contributed by atoms with Crippen LogP contribution >= 0.6 is 0 Å². The monoisotopic (exact) mass is 287 g/mol. The highest BCUT2D eigenvalue weighted by atomic mass is 16.5. The minimum atomic E-state index is -0.319. The van der Waals surface area contributed by atoms with Crippen molar-refractivity contribution in [2.24, 2.45) is 7.05 Å². The summed E-state index contributed by atoms with van der Waals surface area (Å²) in [6, 6.07) is 5.79. The molecule has 1 aliphatic carbocycles. The summed E-state index contributed by atoms with van der Waals surface area (Å²) in [4.78, 5) is 11.8. The Labute approximate surface area is 122 Å². The largest absolute Gasteiger partial charge is 0.465 e. The summed E-state index contributed by atoms with van der Waals surface area (Å²) in [5, 5.41) is 14.6. The second kappa shape index (κ2) is 5.51. The van der Waals surface area contributed by atoms with Crippen LogP contribution in [0.5, 0.6) is 0 Å². The van der Waals surface area contributed by atoms with Crippen molar-refractivity contribution in [2.75, 3.05) is 12.4 Å². The molecule has 0 aliphatic heterocycles. The number of carbonyl (C=O) groups is 1. The number of ether oxygens (including phenoxy) is 1. The van der Waals surface area contributed by atoms with Gasteiger partial charge in [-0.25, -0.2) is 9.48 Å². The number of rotatable bonds is 5. The summed E-state index contributed by atoms with van der Waals surface area (Å²) >= 11 is 0. The second-order valence-corrected chi connectivity index (χ2v) is 5.18. The Balaban J connectivity index is 1.81. The predicted octanol–water partition coefficient (Wildman–Crippen LogP) is 1.49. The first-order chi connectivity index (χ1) is 10.2. The molecule has 0 amide bonds. The van der Waals surface area contributed by atoms with Crippen LogP contribution in [-0.2, 0) is 18.3 Å². The fourth-order valence-corrected chi connectivity index (χ4v) is 2.22. The van der Waals surface area contributed by atoms with Crippen molar-refractivity contribution in [3.63, 3.8) is 0 Å². The van der Waals surface area contributed by atoms with Crippen molar-refractivity contribution >= 4 is 11.7 Å². The SMILES string of the molecule is COC(=O)c1cc(NCc2nnnn2C)cc(C2CC2)c1. The van der Waals surface area contributed by atoms with Crippen molar-refractivity contribution in [1.82, 2.24) is 20.2 Å². The lowest BCUT2D eigenvalue weighted by Gasteiger charge is -2.10. The number of esters is 1. The minimum absolute atomic E-state index is 0.319. The molecule has 0 radical (unpaired) electrons. The number of hydrogen-bond donors (Lipinski definition) is 1. The summed E-state index contributed by atoms with van der Waals surface area (Å²) in [6.45, 7) is 0.498. The molecule has 7 nitrogen and oxygen atoms in total. The van der Waals surface area contributed by atoms with Crippen LogP contribution in [0.1, 0.15) is 40.5 Å². The molecule has 0 saturated heterocycles. The molecule has 1 heterocycles. The molecule has 0 spiro atoms. The quantitative estimate of drug-likeness (QED) is 0.839. The number of nitrogens with one attached hydrogen (secondary N) is 1. The van der Waals surface area contributed by atoms with E-state index >= 15 is 0 Å². The maximum atomic E-state index is 11.8. The summed E-state index contributed by atoms with van der Waals surface area (Å²) in [5.74, 6) is 0.971. The van der Waals surface area contributed by atoms with Gasteiger partial charge in [-0.3, -0.25) is 0 Å². The van der Waals surface area contributed by atoms with Gasteiger partial charge in [0.1, 0.15) is 0 Å².